The Bertz CT molecular complexity index is 747. The second kappa shape index (κ2) is 7.27. The number of anilines is 2. The van der Waals surface area contributed by atoms with E-state index in [-0.39, 0.29) is 17.4 Å². The summed E-state index contributed by atoms with van der Waals surface area (Å²) in [6.45, 7) is 0. The Kier molecular flexibility index (Phi) is 5.27. The average molecular weight is 376 g/mol. The maximum absolute atomic E-state index is 10.3. The van der Waals surface area contributed by atoms with Gasteiger partial charge in [0.1, 0.15) is 24.1 Å². The van der Waals surface area contributed by atoms with E-state index in [9.17, 15) is 10.00 Å². The van der Waals surface area contributed by atoms with Gasteiger partial charge in [0.05, 0.1) is 6.33 Å². The lowest BCUT2D eigenvalue weighted by Gasteiger charge is -2.19. The second-order valence-electron chi connectivity index (χ2n) is 5.04. The molecule has 0 bridgehead atoms. The number of aliphatic hydroxyl groups excluding tert-OH is 2. The summed E-state index contributed by atoms with van der Waals surface area (Å²) < 4.78 is 16.9. The minimum atomic E-state index is -2.20. The summed E-state index contributed by atoms with van der Waals surface area (Å²) in [6.07, 6.45) is -3.56. The highest BCUT2D eigenvalue weighted by Gasteiger charge is 2.47. The minimum Gasteiger partial charge on any atom is -0.387 e. The van der Waals surface area contributed by atoms with Gasteiger partial charge in [-0.1, -0.05) is 0 Å². The van der Waals surface area contributed by atoms with E-state index in [2.05, 4.69) is 19.6 Å². The lowest BCUT2D eigenvalue weighted by molar-refractivity contribution is -0.332. The first-order chi connectivity index (χ1) is 12.0. The fraction of sp³-hybridized carbons (Fsp3) is 0.545. The van der Waals surface area contributed by atoms with E-state index in [0.717, 1.165) is 0 Å². The van der Waals surface area contributed by atoms with Gasteiger partial charge in [0.25, 0.3) is 0 Å². The highest BCUT2D eigenvalue weighted by molar-refractivity contribution is 7.45. The van der Waals surface area contributed by atoms with Gasteiger partial charge in [-0.25, -0.2) is 4.98 Å². The fourth-order valence-corrected chi connectivity index (χ4v) is 2.67. The number of nitrogens with zero attached hydrogens (tertiary/aromatic N) is 4. The molecule has 1 saturated heterocycles. The summed E-state index contributed by atoms with van der Waals surface area (Å²) in [4.78, 5) is 26.1. The van der Waals surface area contributed by atoms with Crippen molar-refractivity contribution in [3.05, 3.63) is 6.33 Å². The lowest BCUT2D eigenvalue weighted by Crippen LogP contribution is -2.34. The molecule has 25 heavy (non-hydrogen) atoms. The van der Waals surface area contributed by atoms with Crippen molar-refractivity contribution in [2.24, 2.45) is 0 Å². The summed E-state index contributed by atoms with van der Waals surface area (Å²) in [6, 6.07) is 0. The molecule has 2 aromatic rings. The quantitative estimate of drug-likeness (QED) is 0.221. The zero-order chi connectivity index (χ0) is 18.1. The van der Waals surface area contributed by atoms with Crippen molar-refractivity contribution >= 4 is 31.3 Å². The number of methoxy groups -OCH3 is 1. The maximum atomic E-state index is 10.3. The first-order valence-electron chi connectivity index (χ1n) is 6.98. The number of ether oxygens (including phenoxy) is 2. The smallest absolute Gasteiger partial charge is 0.232 e. The number of aliphatic hydroxyl groups is 2. The number of rotatable bonds is 6. The van der Waals surface area contributed by atoms with E-state index in [1.165, 1.54) is 18.0 Å². The van der Waals surface area contributed by atoms with Crippen LogP contribution in [0.3, 0.4) is 0 Å². The average Bonchev–Trinajstić information content (AvgIpc) is 3.13. The van der Waals surface area contributed by atoms with Crippen molar-refractivity contribution in [1.82, 2.24) is 19.5 Å². The van der Waals surface area contributed by atoms with Crippen molar-refractivity contribution in [1.29, 1.82) is 0 Å². The number of fused-ring (bicyclic) bond motifs is 1. The summed E-state index contributed by atoms with van der Waals surface area (Å²) in [5.74, 6) is 0.0445. The lowest BCUT2D eigenvalue weighted by atomic mass is 10.2. The van der Waals surface area contributed by atoms with Crippen LogP contribution < -0.4 is 11.5 Å². The van der Waals surface area contributed by atoms with Crippen LogP contribution in [0, 0.1) is 0 Å². The van der Waals surface area contributed by atoms with Crippen LogP contribution in [0.15, 0.2) is 6.33 Å². The molecule has 7 N–H and O–H groups in total. The first kappa shape index (κ1) is 18.1. The van der Waals surface area contributed by atoms with Gasteiger partial charge < -0.3 is 36.0 Å². The van der Waals surface area contributed by atoms with Crippen molar-refractivity contribution in [2.75, 3.05) is 24.9 Å². The normalized spacial score (nSPS) is 27.8. The van der Waals surface area contributed by atoms with Crippen LogP contribution in [-0.2, 0) is 19.0 Å². The molecule has 13 nitrogen and oxygen atoms in total. The second-order valence-corrected chi connectivity index (χ2v) is 6.18. The number of hydrogen-bond acceptors (Lipinski definition) is 12. The van der Waals surface area contributed by atoms with Gasteiger partial charge in [0, 0.05) is 7.11 Å². The Hall–Kier alpha value is -1.70. The van der Waals surface area contributed by atoms with Crippen LogP contribution >= 0.6 is 8.38 Å². The highest BCUT2D eigenvalue weighted by Crippen LogP contribution is 2.37. The van der Waals surface area contributed by atoms with E-state index in [0.29, 0.717) is 5.52 Å². The molecule has 0 aliphatic carbocycles. The summed E-state index contributed by atoms with van der Waals surface area (Å²) in [7, 11) is -0.828. The van der Waals surface area contributed by atoms with E-state index in [4.69, 9.17) is 30.9 Å². The third kappa shape index (κ3) is 3.36. The third-order valence-corrected chi connectivity index (χ3v) is 4.03. The molecule has 0 aromatic carbocycles. The van der Waals surface area contributed by atoms with Crippen LogP contribution in [-0.4, -0.2) is 66.6 Å². The van der Waals surface area contributed by atoms with Gasteiger partial charge in [-0.15, -0.1) is 0 Å². The summed E-state index contributed by atoms with van der Waals surface area (Å²) >= 11 is 0. The molecule has 1 aliphatic rings. The molecule has 0 saturated carbocycles. The predicted molar refractivity (Wildman–Crippen MR) is 83.3 cm³/mol. The monoisotopic (exact) mass is 376 g/mol. The van der Waals surface area contributed by atoms with E-state index < -0.39 is 39.4 Å². The highest BCUT2D eigenvalue weighted by atomic mass is 31.2. The Labute approximate surface area is 141 Å². The molecule has 1 aliphatic heterocycles. The topological polar surface area (TPSA) is 193 Å². The third-order valence-electron chi connectivity index (χ3n) is 3.53. The van der Waals surface area contributed by atoms with E-state index >= 15 is 0 Å². The van der Waals surface area contributed by atoms with Crippen LogP contribution in [0.4, 0.5) is 11.8 Å². The van der Waals surface area contributed by atoms with Gasteiger partial charge >= 0.3 is 0 Å². The Morgan fingerprint density at radius 1 is 1.40 bits per heavy atom. The summed E-state index contributed by atoms with van der Waals surface area (Å²) in [5, 5.41) is 19.0. The number of aromatic nitrogens is 4. The SMILES string of the molecule is CO[C@H]1C(O)[C@@H](OOP(O)CO)O[C@H]1n1cnc2c(N)nc(N)nc21. The van der Waals surface area contributed by atoms with Crippen LogP contribution in [0.25, 0.3) is 11.2 Å². The Balaban J connectivity index is 1.88. The largest absolute Gasteiger partial charge is 0.387 e. The molecule has 14 heteroatoms. The first-order valence-corrected chi connectivity index (χ1v) is 8.38. The molecule has 2 unspecified atom stereocenters. The van der Waals surface area contributed by atoms with Crippen molar-refractivity contribution in [2.45, 2.75) is 24.7 Å². The molecule has 3 heterocycles. The van der Waals surface area contributed by atoms with Gasteiger partial charge in [-0.2, -0.15) is 19.5 Å². The minimum absolute atomic E-state index is 0.0516. The zero-order valence-electron chi connectivity index (χ0n) is 13.0. The molecule has 3 rings (SSSR count). The van der Waals surface area contributed by atoms with Crippen molar-refractivity contribution in [3.8, 4) is 0 Å². The van der Waals surface area contributed by atoms with Gasteiger partial charge in [0.15, 0.2) is 17.7 Å². The van der Waals surface area contributed by atoms with Gasteiger partial charge in [-0.3, -0.25) is 4.57 Å². The number of imidazole rings is 1. The van der Waals surface area contributed by atoms with E-state index in [1.807, 2.05) is 0 Å². The molecule has 5 atom stereocenters. The Morgan fingerprint density at radius 2 is 2.16 bits per heavy atom. The zero-order valence-corrected chi connectivity index (χ0v) is 13.9. The fourth-order valence-electron chi connectivity index (χ4n) is 2.44. The van der Waals surface area contributed by atoms with E-state index in [1.54, 1.807) is 0 Å². The summed E-state index contributed by atoms with van der Waals surface area (Å²) in [5.41, 5.74) is 12.0. The molecule has 2 aromatic heterocycles. The molecular weight excluding hydrogens is 359 g/mol. The van der Waals surface area contributed by atoms with Crippen LogP contribution in [0.5, 0.6) is 0 Å². The molecule has 0 radical (unpaired) electrons. The Morgan fingerprint density at radius 3 is 2.84 bits per heavy atom. The molecule has 0 spiro atoms. The standard InChI is InChI=1S/C11H17N6O7P/c1-21-6-5(19)10(23-24-25(20)3-18)22-9(6)17-2-14-4-7(12)15-11(13)16-8(4)17/h2,5-6,9-10,18-20H,3H2,1H3,(H4,12,13,15,16)/t5?,6-,9+,10+,25?/m0/s1. The van der Waals surface area contributed by atoms with Crippen molar-refractivity contribution in [3.63, 3.8) is 0 Å². The molecular formula is C11H17N6O7P. The van der Waals surface area contributed by atoms with Crippen LogP contribution in [0.2, 0.25) is 0 Å². The van der Waals surface area contributed by atoms with Crippen LogP contribution in [0.1, 0.15) is 6.23 Å². The molecule has 1 fully saturated rings. The number of nitrogens with two attached hydrogens (primary N) is 2. The van der Waals surface area contributed by atoms with Gasteiger partial charge in [-0.05, 0) is 0 Å². The van der Waals surface area contributed by atoms with Gasteiger partial charge in [0.2, 0.25) is 20.6 Å². The molecule has 138 valence electrons. The number of nitrogen functional groups attached to an aromatic ring is 2. The number of hydrogen-bond donors (Lipinski definition) is 5. The molecule has 0 amide bonds. The van der Waals surface area contributed by atoms with Crippen molar-refractivity contribution < 1.29 is 34.1 Å². The predicted octanol–water partition coefficient (Wildman–Crippen LogP) is -1.58. The maximum Gasteiger partial charge on any atom is 0.232 e.